The van der Waals surface area contributed by atoms with Gasteiger partial charge < -0.3 is 15.2 Å². The molecule has 0 aromatic rings. The molecule has 2 N–H and O–H groups in total. The van der Waals surface area contributed by atoms with Crippen molar-refractivity contribution in [3.63, 3.8) is 0 Å². The monoisotopic (exact) mass is 228 g/mol. The van der Waals surface area contributed by atoms with Crippen LogP contribution < -0.4 is 5.32 Å². The second kappa shape index (κ2) is 5.39. The maximum absolute atomic E-state index is 11.6. The van der Waals surface area contributed by atoms with Crippen molar-refractivity contribution in [2.75, 3.05) is 6.73 Å². The van der Waals surface area contributed by atoms with Crippen LogP contribution in [0.4, 0.5) is 4.79 Å². The van der Waals surface area contributed by atoms with Gasteiger partial charge in [0.25, 0.3) is 0 Å². The van der Waals surface area contributed by atoms with Gasteiger partial charge in [0.15, 0.2) is 6.73 Å². The summed E-state index contributed by atoms with van der Waals surface area (Å²) in [4.78, 5) is 23.7. The first-order valence-corrected chi connectivity index (χ1v) is 5.09. The van der Waals surface area contributed by atoms with E-state index < -0.39 is 18.0 Å². The van der Waals surface area contributed by atoms with Crippen LogP contribution in [0.15, 0.2) is 12.5 Å². The molecule has 2 amide bonds. The molecule has 6 nitrogen and oxygen atoms in total. The van der Waals surface area contributed by atoms with Crippen LogP contribution in [0.25, 0.3) is 0 Å². The van der Waals surface area contributed by atoms with Crippen LogP contribution in [0, 0.1) is 5.92 Å². The third kappa shape index (κ3) is 3.45. The number of carbonyl (C=O) groups is 2. The van der Waals surface area contributed by atoms with Gasteiger partial charge in [-0.2, -0.15) is 0 Å². The second-order valence-electron chi connectivity index (χ2n) is 4.02. The zero-order chi connectivity index (χ0) is 12.1. The van der Waals surface area contributed by atoms with Crippen molar-refractivity contribution in [1.82, 2.24) is 10.2 Å². The first-order valence-electron chi connectivity index (χ1n) is 5.09. The quantitative estimate of drug-likeness (QED) is 0.751. The molecule has 0 aliphatic carbocycles. The highest BCUT2D eigenvalue weighted by atomic mass is 16.5. The Kier molecular flexibility index (Phi) is 4.16. The van der Waals surface area contributed by atoms with Crippen LogP contribution in [0.3, 0.4) is 0 Å². The molecule has 1 aliphatic heterocycles. The number of nitrogens with zero attached hydrogens (tertiary/aromatic N) is 1. The highest BCUT2D eigenvalue weighted by Gasteiger charge is 2.24. The van der Waals surface area contributed by atoms with Crippen molar-refractivity contribution < 1.29 is 19.4 Å². The lowest BCUT2D eigenvalue weighted by Gasteiger charge is -2.19. The fourth-order valence-corrected chi connectivity index (χ4v) is 1.33. The second-order valence-corrected chi connectivity index (χ2v) is 4.02. The molecule has 1 aliphatic rings. The Morgan fingerprint density at radius 3 is 2.69 bits per heavy atom. The van der Waals surface area contributed by atoms with Gasteiger partial charge in [0.05, 0.1) is 0 Å². The third-order valence-electron chi connectivity index (χ3n) is 2.11. The third-order valence-corrected chi connectivity index (χ3v) is 2.11. The molecular formula is C10H16N2O4. The molecule has 0 aromatic carbocycles. The lowest BCUT2D eigenvalue weighted by Crippen LogP contribution is -2.46. The molecular weight excluding hydrogens is 212 g/mol. The molecule has 0 saturated heterocycles. The van der Waals surface area contributed by atoms with Gasteiger partial charge in [0, 0.05) is 6.20 Å². The van der Waals surface area contributed by atoms with Gasteiger partial charge in [-0.15, -0.1) is 0 Å². The van der Waals surface area contributed by atoms with Crippen molar-refractivity contribution >= 4 is 12.0 Å². The highest BCUT2D eigenvalue weighted by Crippen LogP contribution is 2.07. The lowest BCUT2D eigenvalue weighted by molar-refractivity contribution is -0.139. The first-order chi connectivity index (χ1) is 7.50. The molecule has 1 rings (SSSR count). The van der Waals surface area contributed by atoms with Gasteiger partial charge in [-0.05, 0) is 12.3 Å². The summed E-state index contributed by atoms with van der Waals surface area (Å²) in [7, 11) is 0. The standard InChI is InChI=1S/C10H16N2O4/c1-7(2)5-8(9(13)14)11-10(15)12-3-4-16-6-12/h3-4,7-8H,5-6H2,1-2H3,(H,11,15)(H,13,14)/t8-/m0/s1. The smallest absolute Gasteiger partial charge is 0.326 e. The minimum absolute atomic E-state index is 0.125. The Balaban J connectivity index is 2.50. The topological polar surface area (TPSA) is 78.9 Å². The zero-order valence-corrected chi connectivity index (χ0v) is 9.34. The molecule has 0 radical (unpaired) electrons. The molecule has 1 atom stereocenters. The summed E-state index contributed by atoms with van der Waals surface area (Å²) in [5.74, 6) is -0.821. The number of amides is 2. The first kappa shape index (κ1) is 12.4. The Hall–Kier alpha value is -1.72. The summed E-state index contributed by atoms with van der Waals surface area (Å²) in [6.07, 6.45) is 3.25. The summed E-state index contributed by atoms with van der Waals surface area (Å²) >= 11 is 0. The van der Waals surface area contributed by atoms with Crippen LogP contribution in [0.5, 0.6) is 0 Å². The SMILES string of the molecule is CC(C)C[C@H](NC(=O)N1C=COC1)C(=O)O. The minimum atomic E-state index is -1.02. The van der Waals surface area contributed by atoms with E-state index in [-0.39, 0.29) is 12.6 Å². The minimum Gasteiger partial charge on any atom is -0.480 e. The molecule has 0 aromatic heterocycles. The van der Waals surface area contributed by atoms with E-state index in [1.165, 1.54) is 17.4 Å². The van der Waals surface area contributed by atoms with Crippen LogP contribution in [-0.4, -0.2) is 34.8 Å². The summed E-state index contributed by atoms with van der Waals surface area (Å²) in [5, 5.41) is 11.4. The summed E-state index contributed by atoms with van der Waals surface area (Å²) in [6.45, 7) is 3.93. The van der Waals surface area contributed by atoms with E-state index in [4.69, 9.17) is 9.84 Å². The van der Waals surface area contributed by atoms with Gasteiger partial charge in [-0.25, -0.2) is 9.59 Å². The molecule has 0 saturated carbocycles. The number of rotatable bonds is 4. The van der Waals surface area contributed by atoms with Crippen LogP contribution >= 0.6 is 0 Å². The van der Waals surface area contributed by atoms with Gasteiger partial charge in [0.1, 0.15) is 12.3 Å². The van der Waals surface area contributed by atoms with Crippen LogP contribution in [0.2, 0.25) is 0 Å². The normalized spacial score (nSPS) is 16.1. The number of hydrogen-bond donors (Lipinski definition) is 2. The van der Waals surface area contributed by atoms with E-state index in [2.05, 4.69) is 5.32 Å². The number of carboxylic acid groups (broad SMARTS) is 1. The Morgan fingerprint density at radius 2 is 2.25 bits per heavy atom. The van der Waals surface area contributed by atoms with E-state index in [9.17, 15) is 9.59 Å². The number of carboxylic acids is 1. The van der Waals surface area contributed by atoms with E-state index in [0.29, 0.717) is 6.42 Å². The number of aliphatic carboxylic acids is 1. The van der Waals surface area contributed by atoms with Crippen molar-refractivity contribution in [1.29, 1.82) is 0 Å². The average Bonchev–Trinajstić information content (AvgIpc) is 2.68. The highest BCUT2D eigenvalue weighted by molar-refractivity contribution is 5.83. The lowest BCUT2D eigenvalue weighted by atomic mass is 10.0. The van der Waals surface area contributed by atoms with Crippen molar-refractivity contribution in [2.45, 2.75) is 26.3 Å². The molecule has 0 unspecified atom stereocenters. The van der Waals surface area contributed by atoms with Gasteiger partial charge in [0.2, 0.25) is 0 Å². The van der Waals surface area contributed by atoms with Crippen molar-refractivity contribution in [2.24, 2.45) is 5.92 Å². The summed E-state index contributed by atoms with van der Waals surface area (Å²) in [6, 6.07) is -1.32. The van der Waals surface area contributed by atoms with Crippen molar-refractivity contribution in [3.05, 3.63) is 12.5 Å². The molecule has 90 valence electrons. The van der Waals surface area contributed by atoms with Crippen LogP contribution in [0.1, 0.15) is 20.3 Å². The number of ether oxygens (including phenoxy) is 1. The molecule has 0 fully saturated rings. The summed E-state index contributed by atoms with van der Waals surface area (Å²) < 4.78 is 4.84. The molecule has 16 heavy (non-hydrogen) atoms. The average molecular weight is 228 g/mol. The van der Waals surface area contributed by atoms with Gasteiger partial charge in [-0.1, -0.05) is 13.8 Å². The number of urea groups is 1. The van der Waals surface area contributed by atoms with Crippen LogP contribution in [-0.2, 0) is 9.53 Å². The Morgan fingerprint density at radius 1 is 1.56 bits per heavy atom. The van der Waals surface area contributed by atoms with Gasteiger partial charge in [-0.3, -0.25) is 4.90 Å². The molecule has 0 bridgehead atoms. The van der Waals surface area contributed by atoms with E-state index in [0.717, 1.165) is 0 Å². The zero-order valence-electron chi connectivity index (χ0n) is 9.34. The van der Waals surface area contributed by atoms with Gasteiger partial charge >= 0.3 is 12.0 Å². The summed E-state index contributed by atoms with van der Waals surface area (Å²) in [5.41, 5.74) is 0. The molecule has 0 spiro atoms. The molecule has 1 heterocycles. The largest absolute Gasteiger partial charge is 0.480 e. The number of nitrogens with one attached hydrogen (secondary N) is 1. The number of hydrogen-bond acceptors (Lipinski definition) is 3. The Bertz CT molecular complexity index is 301. The fraction of sp³-hybridized carbons (Fsp3) is 0.600. The van der Waals surface area contributed by atoms with E-state index >= 15 is 0 Å². The molecule has 6 heteroatoms. The predicted molar refractivity (Wildman–Crippen MR) is 56.3 cm³/mol. The Labute approximate surface area is 93.9 Å². The fourth-order valence-electron chi connectivity index (χ4n) is 1.33. The maximum Gasteiger partial charge on any atom is 0.326 e. The predicted octanol–water partition coefficient (Wildman–Crippen LogP) is 0.956. The van der Waals surface area contributed by atoms with Crippen molar-refractivity contribution in [3.8, 4) is 0 Å². The maximum atomic E-state index is 11.6. The van der Waals surface area contributed by atoms with E-state index in [1.54, 1.807) is 0 Å². The van der Waals surface area contributed by atoms with E-state index in [1.807, 2.05) is 13.8 Å². The number of carbonyl (C=O) groups excluding carboxylic acids is 1.